The summed E-state index contributed by atoms with van der Waals surface area (Å²) >= 11 is 0. The molecule has 2 amide bonds. The molecule has 6 heteroatoms. The number of benzene rings is 2. The molecular weight excluding hydrogens is 356 g/mol. The van der Waals surface area contributed by atoms with Crippen molar-refractivity contribution in [3.8, 4) is 0 Å². The van der Waals surface area contributed by atoms with Crippen molar-refractivity contribution in [2.24, 2.45) is 5.73 Å². The minimum atomic E-state index is -0.606. The molecule has 2 aromatic rings. The Morgan fingerprint density at radius 2 is 1.50 bits per heavy atom. The van der Waals surface area contributed by atoms with Gasteiger partial charge in [0, 0.05) is 24.1 Å². The zero-order valence-corrected chi connectivity index (χ0v) is 16.5. The molecule has 0 fully saturated rings. The third-order valence-electron chi connectivity index (χ3n) is 3.99. The van der Waals surface area contributed by atoms with Gasteiger partial charge in [0.25, 0.3) is 0 Å². The average molecular weight is 382 g/mol. The molecule has 0 aliphatic heterocycles. The van der Waals surface area contributed by atoms with Crippen LogP contribution in [0.25, 0.3) is 0 Å². The molecule has 0 saturated carbocycles. The standard InChI is InChI=1S/C22H26N2O4/c1-22(2,3)28-21(27)24-14-16-10-8-15(9-11-16)12-13-19(25)17-6-4-5-7-18(17)20(23)26/h4-11H,12-14H2,1-3H3,(H2,23,26)(H,24,27). The van der Waals surface area contributed by atoms with Gasteiger partial charge in [-0.15, -0.1) is 0 Å². The van der Waals surface area contributed by atoms with Gasteiger partial charge in [-0.1, -0.05) is 42.5 Å². The second kappa shape index (κ2) is 9.17. The van der Waals surface area contributed by atoms with Crippen molar-refractivity contribution in [1.29, 1.82) is 0 Å². The van der Waals surface area contributed by atoms with Crippen LogP contribution < -0.4 is 11.1 Å². The molecule has 2 aromatic carbocycles. The highest BCUT2D eigenvalue weighted by Gasteiger charge is 2.16. The van der Waals surface area contributed by atoms with Gasteiger partial charge in [-0.2, -0.15) is 0 Å². The number of primary amides is 1. The lowest BCUT2D eigenvalue weighted by atomic mass is 9.98. The van der Waals surface area contributed by atoms with Gasteiger partial charge in [0.1, 0.15) is 5.60 Å². The van der Waals surface area contributed by atoms with Gasteiger partial charge in [-0.05, 0) is 44.4 Å². The molecule has 0 radical (unpaired) electrons. The predicted octanol–water partition coefficient (Wildman–Crippen LogP) is 3.63. The summed E-state index contributed by atoms with van der Waals surface area (Å²) in [5.41, 5.74) is 7.32. The first kappa shape index (κ1) is 21.2. The van der Waals surface area contributed by atoms with Gasteiger partial charge in [-0.3, -0.25) is 9.59 Å². The Morgan fingerprint density at radius 3 is 2.07 bits per heavy atom. The number of nitrogens with one attached hydrogen (secondary N) is 1. The molecule has 0 atom stereocenters. The Balaban J connectivity index is 1.88. The van der Waals surface area contributed by atoms with Gasteiger partial charge in [0.15, 0.2) is 5.78 Å². The van der Waals surface area contributed by atoms with E-state index in [1.165, 1.54) is 0 Å². The highest BCUT2D eigenvalue weighted by Crippen LogP contribution is 2.14. The molecule has 0 saturated heterocycles. The Bertz CT molecular complexity index is 852. The first-order valence-electron chi connectivity index (χ1n) is 9.12. The van der Waals surface area contributed by atoms with Gasteiger partial charge < -0.3 is 15.8 Å². The molecule has 3 N–H and O–H groups in total. The lowest BCUT2D eigenvalue weighted by molar-refractivity contribution is 0.0523. The monoisotopic (exact) mass is 382 g/mol. The Morgan fingerprint density at radius 1 is 0.929 bits per heavy atom. The molecule has 0 aromatic heterocycles. The number of ether oxygens (including phenoxy) is 1. The molecule has 148 valence electrons. The SMILES string of the molecule is CC(C)(C)OC(=O)NCc1ccc(CCC(=O)c2ccccc2C(N)=O)cc1. The van der Waals surface area contributed by atoms with E-state index < -0.39 is 17.6 Å². The molecule has 28 heavy (non-hydrogen) atoms. The number of amides is 2. The second-order valence-corrected chi connectivity index (χ2v) is 7.50. The fraction of sp³-hybridized carbons (Fsp3) is 0.318. The van der Waals surface area contributed by atoms with E-state index >= 15 is 0 Å². The van der Waals surface area contributed by atoms with Crippen molar-refractivity contribution in [1.82, 2.24) is 5.32 Å². The minimum absolute atomic E-state index is 0.120. The van der Waals surface area contributed by atoms with Crippen molar-refractivity contribution in [3.63, 3.8) is 0 Å². The van der Waals surface area contributed by atoms with Crippen LogP contribution in [0.2, 0.25) is 0 Å². The number of Topliss-reactive ketones (excluding diaryl/α,β-unsaturated/α-hetero) is 1. The number of nitrogens with two attached hydrogens (primary N) is 1. The smallest absolute Gasteiger partial charge is 0.407 e. The fourth-order valence-electron chi connectivity index (χ4n) is 2.65. The van der Waals surface area contributed by atoms with Crippen LogP contribution in [-0.2, 0) is 17.7 Å². The van der Waals surface area contributed by atoms with Crippen LogP contribution in [0.1, 0.15) is 59.0 Å². The molecule has 2 rings (SSSR count). The van der Waals surface area contributed by atoms with E-state index in [1.54, 1.807) is 24.3 Å². The number of rotatable bonds is 7. The number of hydrogen-bond acceptors (Lipinski definition) is 4. The van der Waals surface area contributed by atoms with Crippen LogP contribution >= 0.6 is 0 Å². The maximum Gasteiger partial charge on any atom is 0.407 e. The molecule has 0 heterocycles. The largest absolute Gasteiger partial charge is 0.444 e. The van der Waals surface area contributed by atoms with Crippen molar-refractivity contribution in [2.75, 3.05) is 0 Å². The summed E-state index contributed by atoms with van der Waals surface area (Å²) in [5, 5.41) is 2.70. The van der Waals surface area contributed by atoms with E-state index in [0.717, 1.165) is 11.1 Å². The van der Waals surface area contributed by atoms with Crippen LogP contribution in [0.15, 0.2) is 48.5 Å². The number of hydrogen-bond donors (Lipinski definition) is 2. The maximum absolute atomic E-state index is 12.4. The molecule has 0 spiro atoms. The normalized spacial score (nSPS) is 11.0. The first-order valence-corrected chi connectivity index (χ1v) is 9.12. The van der Waals surface area contributed by atoms with E-state index in [1.807, 2.05) is 45.0 Å². The Kier molecular flexibility index (Phi) is 6.93. The summed E-state index contributed by atoms with van der Waals surface area (Å²) in [4.78, 5) is 35.6. The molecule has 0 aliphatic carbocycles. The minimum Gasteiger partial charge on any atom is -0.444 e. The third-order valence-corrected chi connectivity index (χ3v) is 3.99. The summed E-state index contributed by atoms with van der Waals surface area (Å²) in [5.74, 6) is -0.726. The summed E-state index contributed by atoms with van der Waals surface area (Å²) in [6.07, 6.45) is 0.362. The Hall–Kier alpha value is -3.15. The zero-order valence-electron chi connectivity index (χ0n) is 16.5. The average Bonchev–Trinajstić information content (AvgIpc) is 2.64. The van der Waals surface area contributed by atoms with Gasteiger partial charge in [0.2, 0.25) is 5.91 Å². The van der Waals surface area contributed by atoms with Crippen LogP contribution in [0.3, 0.4) is 0 Å². The molecular formula is C22H26N2O4. The Labute approximate surface area is 165 Å². The van der Waals surface area contributed by atoms with Gasteiger partial charge >= 0.3 is 6.09 Å². The topological polar surface area (TPSA) is 98.5 Å². The first-order chi connectivity index (χ1) is 13.2. The van der Waals surface area contributed by atoms with Crippen LogP contribution in [-0.4, -0.2) is 23.4 Å². The lowest BCUT2D eigenvalue weighted by Gasteiger charge is -2.19. The van der Waals surface area contributed by atoms with Crippen molar-refractivity contribution in [3.05, 3.63) is 70.8 Å². The van der Waals surface area contributed by atoms with Crippen molar-refractivity contribution < 1.29 is 19.1 Å². The number of carbonyl (C=O) groups is 3. The lowest BCUT2D eigenvalue weighted by Crippen LogP contribution is -2.32. The van der Waals surface area contributed by atoms with E-state index in [9.17, 15) is 14.4 Å². The van der Waals surface area contributed by atoms with Gasteiger partial charge in [-0.25, -0.2) is 4.79 Å². The molecule has 0 bridgehead atoms. The second-order valence-electron chi connectivity index (χ2n) is 7.50. The highest BCUT2D eigenvalue weighted by molar-refractivity contribution is 6.07. The highest BCUT2D eigenvalue weighted by atomic mass is 16.6. The van der Waals surface area contributed by atoms with E-state index in [2.05, 4.69) is 5.32 Å². The van der Waals surface area contributed by atoms with Crippen LogP contribution in [0.4, 0.5) is 4.79 Å². The molecule has 0 unspecified atom stereocenters. The summed E-state index contributed by atoms with van der Waals surface area (Å²) in [7, 11) is 0. The van der Waals surface area contributed by atoms with Crippen LogP contribution in [0.5, 0.6) is 0 Å². The number of carbonyl (C=O) groups excluding carboxylic acids is 3. The van der Waals surface area contributed by atoms with E-state index in [4.69, 9.17) is 10.5 Å². The maximum atomic E-state index is 12.4. The fourth-order valence-corrected chi connectivity index (χ4v) is 2.65. The number of ketones is 1. The number of aryl methyl sites for hydroxylation is 1. The molecule has 6 nitrogen and oxygen atoms in total. The predicted molar refractivity (Wildman–Crippen MR) is 107 cm³/mol. The van der Waals surface area contributed by atoms with Gasteiger partial charge in [0.05, 0.1) is 0 Å². The summed E-state index contributed by atoms with van der Waals surface area (Å²) < 4.78 is 5.20. The van der Waals surface area contributed by atoms with E-state index in [0.29, 0.717) is 18.5 Å². The quantitative estimate of drug-likeness (QED) is 0.715. The van der Waals surface area contributed by atoms with Crippen molar-refractivity contribution in [2.45, 2.75) is 45.8 Å². The summed E-state index contributed by atoms with van der Waals surface area (Å²) in [6.45, 7) is 5.79. The summed E-state index contributed by atoms with van der Waals surface area (Å²) in [6, 6.07) is 14.2. The zero-order chi connectivity index (χ0) is 20.7. The molecule has 0 aliphatic rings. The van der Waals surface area contributed by atoms with Crippen LogP contribution in [0, 0.1) is 0 Å². The van der Waals surface area contributed by atoms with Crippen molar-refractivity contribution >= 4 is 17.8 Å². The number of alkyl carbamates (subject to hydrolysis) is 1. The van der Waals surface area contributed by atoms with E-state index in [-0.39, 0.29) is 17.8 Å². The third kappa shape index (κ3) is 6.54.